The normalized spacial score (nSPS) is 14.0. The fourth-order valence-electron chi connectivity index (χ4n) is 7.86. The Hall–Kier alpha value is -8.61. The van der Waals surface area contributed by atoms with Gasteiger partial charge in [0.2, 0.25) is 0 Å². The molecule has 8 rings (SSSR count). The summed E-state index contributed by atoms with van der Waals surface area (Å²) in [6.07, 6.45) is 36.3. The maximum Gasteiger partial charge on any atom is 0.164 e. The molecule has 6 aromatic rings. The number of nitrogens with zero attached hydrogens (tertiary/aromatic N) is 6. The van der Waals surface area contributed by atoms with Crippen molar-refractivity contribution < 1.29 is 0 Å². The van der Waals surface area contributed by atoms with Crippen LogP contribution in [0.3, 0.4) is 0 Å². The molecule has 67 heavy (non-hydrogen) atoms. The van der Waals surface area contributed by atoms with Crippen LogP contribution in [-0.2, 0) is 0 Å². The third kappa shape index (κ3) is 11.2. The third-order valence-corrected chi connectivity index (χ3v) is 11.2. The molecule has 1 aromatic heterocycles. The molecule has 0 unspecified atom stereocenters. The van der Waals surface area contributed by atoms with E-state index in [1.165, 1.54) is 0 Å². The number of hydrogen-bond donors (Lipinski definition) is 0. The third-order valence-electron chi connectivity index (χ3n) is 11.2. The molecule has 0 radical (unpaired) electrons. The van der Waals surface area contributed by atoms with Gasteiger partial charge in [-0.15, -0.1) is 0 Å². The van der Waals surface area contributed by atoms with Crippen LogP contribution in [0.2, 0.25) is 0 Å². The van der Waals surface area contributed by atoms with Gasteiger partial charge in [-0.2, -0.15) is 0 Å². The summed E-state index contributed by atoms with van der Waals surface area (Å²) in [5.41, 5.74) is 10.4. The van der Waals surface area contributed by atoms with Crippen LogP contribution < -0.4 is 14.7 Å². The average Bonchev–Trinajstić information content (AvgIpc) is 3.83. The molecule has 0 atom stereocenters. The second-order valence-corrected chi connectivity index (χ2v) is 15.7. The highest BCUT2D eigenvalue weighted by atomic mass is 15.2. The lowest BCUT2D eigenvalue weighted by Crippen LogP contribution is -2.30. The number of para-hydroxylation sites is 4. The monoisotopic (exact) mass is 870 g/mol. The minimum absolute atomic E-state index is 0.0387. The van der Waals surface area contributed by atoms with E-state index in [2.05, 4.69) is 204 Å². The Labute approximate surface area is 396 Å². The molecule has 0 bridgehead atoms. The minimum Gasteiger partial charge on any atom is -0.332 e. The fourth-order valence-corrected chi connectivity index (χ4v) is 7.86. The molecule has 5 aromatic carbocycles. The van der Waals surface area contributed by atoms with Crippen molar-refractivity contribution in [1.29, 1.82) is 0 Å². The number of allylic oxidation sites excluding steroid dienone is 17. The van der Waals surface area contributed by atoms with Crippen molar-refractivity contribution in [3.63, 3.8) is 0 Å². The minimum atomic E-state index is -0.0387. The molecule has 6 heteroatoms. The van der Waals surface area contributed by atoms with Gasteiger partial charge in [0.1, 0.15) is 0 Å². The van der Waals surface area contributed by atoms with Crippen molar-refractivity contribution in [2.45, 2.75) is 26.3 Å². The van der Waals surface area contributed by atoms with Gasteiger partial charge >= 0.3 is 0 Å². The molecule has 1 heterocycles. The quantitative estimate of drug-likeness (QED) is 0.0903. The summed E-state index contributed by atoms with van der Waals surface area (Å²) in [4.78, 5) is 22.1. The lowest BCUT2D eigenvalue weighted by atomic mass is 10.1. The van der Waals surface area contributed by atoms with Crippen LogP contribution in [0, 0.1) is 0 Å². The summed E-state index contributed by atoms with van der Waals surface area (Å²) in [6, 6.07) is 49.8. The number of hydrogen-bond acceptors (Lipinski definition) is 6. The van der Waals surface area contributed by atoms with E-state index in [1.54, 1.807) is 0 Å². The molecular weight excluding hydrogens is 817 g/mol. The Balaban J connectivity index is 1.17. The molecule has 0 spiro atoms. The highest BCUT2D eigenvalue weighted by Gasteiger charge is 2.19. The molecule has 2 aliphatic carbocycles. The molecule has 0 aliphatic heterocycles. The summed E-state index contributed by atoms with van der Waals surface area (Å²) >= 11 is 0. The highest BCUT2D eigenvalue weighted by molar-refractivity contribution is 5.78. The maximum absolute atomic E-state index is 5.15. The zero-order valence-electron chi connectivity index (χ0n) is 38.1. The Morgan fingerprint density at radius 1 is 0.537 bits per heavy atom. The van der Waals surface area contributed by atoms with Crippen LogP contribution >= 0.6 is 0 Å². The van der Waals surface area contributed by atoms with Crippen molar-refractivity contribution in [2.24, 2.45) is 0 Å². The van der Waals surface area contributed by atoms with Gasteiger partial charge in [0.05, 0.1) is 6.04 Å². The van der Waals surface area contributed by atoms with Gasteiger partial charge in [-0.05, 0) is 123 Å². The van der Waals surface area contributed by atoms with Gasteiger partial charge in [-0.1, -0.05) is 159 Å². The van der Waals surface area contributed by atoms with E-state index in [1.807, 2.05) is 86.7 Å². The first-order chi connectivity index (χ1) is 33.0. The predicted octanol–water partition coefficient (Wildman–Crippen LogP) is 15.4. The number of rotatable bonds is 16. The van der Waals surface area contributed by atoms with Crippen molar-refractivity contribution in [2.75, 3.05) is 14.7 Å². The molecule has 0 N–H and O–H groups in total. The zero-order valence-corrected chi connectivity index (χ0v) is 38.1. The SMILES string of the molecule is C=C(/C=C\C(=C/C)N(c1ccccc1)c1ccccc1)c1nc(C(/C=C\C(=C)N(c2ccccc2)C2C=CC=CC=C2)=C/C)nc(-c2ccc(N(C3=CCC=CC=C3)c3ccccc3)cc2)n1. The topological polar surface area (TPSA) is 48.4 Å². The average molecular weight is 871 g/mol. The van der Waals surface area contributed by atoms with Gasteiger partial charge in [0.15, 0.2) is 17.5 Å². The maximum atomic E-state index is 5.15. The lowest BCUT2D eigenvalue weighted by Gasteiger charge is -2.30. The number of anilines is 5. The van der Waals surface area contributed by atoms with Crippen LogP contribution in [0.1, 0.15) is 31.9 Å². The van der Waals surface area contributed by atoms with E-state index in [-0.39, 0.29) is 6.04 Å². The van der Waals surface area contributed by atoms with Crippen LogP contribution in [-0.4, -0.2) is 21.0 Å². The van der Waals surface area contributed by atoms with Gasteiger partial charge in [-0.3, -0.25) is 0 Å². The molecule has 328 valence electrons. The van der Waals surface area contributed by atoms with E-state index in [0.717, 1.165) is 63.1 Å². The first kappa shape index (κ1) is 45.0. The van der Waals surface area contributed by atoms with Crippen LogP contribution in [0.15, 0.2) is 279 Å². The van der Waals surface area contributed by atoms with Gasteiger partial charge in [0, 0.05) is 62.2 Å². The lowest BCUT2D eigenvalue weighted by molar-refractivity contribution is 0.908. The van der Waals surface area contributed by atoms with Crippen molar-refractivity contribution in [3.05, 3.63) is 291 Å². The summed E-state index contributed by atoms with van der Waals surface area (Å²) in [5.74, 6) is 1.52. The smallest absolute Gasteiger partial charge is 0.164 e. The standard InChI is InChI=1S/C61H54N6/c1-5-49(41-40-48(4)65(53-29-19-11-20-30-53)52-27-15-7-8-16-28-52)60-62-59(47(3)39-44-51(6-2)66(54-33-21-12-22-34-54)55-35-23-13-24-36-55)63-61(64-60)50-42-45-58(46-43-50)67(57-37-25-14-26-38-57)56-31-17-9-10-18-32-56/h5-17,19-46,52H,3-4,18H2,1-2H3/b41-40-,44-39-,49-5+,51-6+. The highest BCUT2D eigenvalue weighted by Crippen LogP contribution is 2.34. The Morgan fingerprint density at radius 3 is 1.70 bits per heavy atom. The number of benzene rings is 5. The largest absolute Gasteiger partial charge is 0.332 e. The molecule has 0 saturated heterocycles. The van der Waals surface area contributed by atoms with Crippen LogP contribution in [0.5, 0.6) is 0 Å². The van der Waals surface area contributed by atoms with Crippen molar-refractivity contribution >= 4 is 39.6 Å². The van der Waals surface area contributed by atoms with E-state index in [9.17, 15) is 0 Å². The summed E-state index contributed by atoms with van der Waals surface area (Å²) in [6.45, 7) is 13.1. The summed E-state index contributed by atoms with van der Waals surface area (Å²) in [5, 5.41) is 0. The first-order valence-corrected chi connectivity index (χ1v) is 22.6. The summed E-state index contributed by atoms with van der Waals surface area (Å²) in [7, 11) is 0. The molecular formula is C61H54N6. The summed E-state index contributed by atoms with van der Waals surface area (Å²) < 4.78 is 0. The second-order valence-electron chi connectivity index (χ2n) is 15.7. The van der Waals surface area contributed by atoms with E-state index >= 15 is 0 Å². The Bertz CT molecular complexity index is 2910. The molecule has 6 nitrogen and oxygen atoms in total. The number of aromatic nitrogens is 3. The second kappa shape index (κ2) is 22.3. The van der Waals surface area contributed by atoms with E-state index < -0.39 is 0 Å². The molecule has 0 fully saturated rings. The molecule has 0 saturated carbocycles. The molecule has 2 aliphatic rings. The van der Waals surface area contributed by atoms with E-state index in [4.69, 9.17) is 15.0 Å². The van der Waals surface area contributed by atoms with E-state index in [0.29, 0.717) is 23.0 Å². The van der Waals surface area contributed by atoms with Crippen LogP contribution in [0.4, 0.5) is 28.4 Å². The van der Waals surface area contributed by atoms with Crippen molar-refractivity contribution in [3.8, 4) is 11.4 Å². The zero-order chi connectivity index (χ0) is 46.2. The van der Waals surface area contributed by atoms with Crippen LogP contribution in [0.25, 0.3) is 22.5 Å². The van der Waals surface area contributed by atoms with Gasteiger partial charge in [-0.25, -0.2) is 15.0 Å². The molecule has 0 amide bonds. The predicted molar refractivity (Wildman–Crippen MR) is 284 cm³/mol. The fraction of sp³-hybridized carbons (Fsp3) is 0.0656. The Kier molecular flexibility index (Phi) is 15.0. The van der Waals surface area contributed by atoms with Crippen molar-refractivity contribution in [1.82, 2.24) is 15.0 Å². The first-order valence-electron chi connectivity index (χ1n) is 22.6. The van der Waals surface area contributed by atoms with Gasteiger partial charge < -0.3 is 14.7 Å². The van der Waals surface area contributed by atoms with Gasteiger partial charge in [0.25, 0.3) is 0 Å². The Morgan fingerprint density at radius 2 is 1.10 bits per heavy atom.